The van der Waals surface area contributed by atoms with Crippen LogP contribution in [0.15, 0.2) is 34.9 Å². The smallest absolute Gasteiger partial charge is 0.303 e. The van der Waals surface area contributed by atoms with Crippen molar-refractivity contribution in [2.24, 2.45) is 22.7 Å². The molecule has 232 valence electrons. The third-order valence-electron chi connectivity index (χ3n) is 9.79. The van der Waals surface area contributed by atoms with Crippen molar-refractivity contribution in [3.63, 3.8) is 0 Å². The molecule has 0 aromatic rings. The van der Waals surface area contributed by atoms with Gasteiger partial charge in [-0.1, -0.05) is 57.1 Å². The fourth-order valence-corrected chi connectivity index (χ4v) is 7.04. The van der Waals surface area contributed by atoms with E-state index in [9.17, 15) is 24.6 Å². The number of ketones is 1. The van der Waals surface area contributed by atoms with Gasteiger partial charge in [-0.25, -0.2) is 0 Å². The lowest BCUT2D eigenvalue weighted by molar-refractivity contribution is -0.188. The maximum Gasteiger partial charge on any atom is 0.303 e. The van der Waals surface area contributed by atoms with Crippen LogP contribution >= 0.6 is 0 Å². The van der Waals surface area contributed by atoms with Crippen LogP contribution in [0.4, 0.5) is 0 Å². The van der Waals surface area contributed by atoms with Gasteiger partial charge in [-0.05, 0) is 83.1 Å². The molecule has 1 fully saturated rings. The van der Waals surface area contributed by atoms with Crippen LogP contribution in [-0.4, -0.2) is 51.8 Å². The highest BCUT2D eigenvalue weighted by molar-refractivity contribution is 5.87. The molecule has 0 spiro atoms. The molecule has 0 aliphatic heterocycles. The van der Waals surface area contributed by atoms with E-state index in [2.05, 4.69) is 0 Å². The second kappa shape index (κ2) is 13.8. The minimum Gasteiger partial charge on any atom is -0.459 e. The molecular formula is C34H54O7. The monoisotopic (exact) mass is 574 g/mol. The summed E-state index contributed by atoms with van der Waals surface area (Å²) in [5.74, 6) is -0.603. The molecule has 0 bridgehead atoms. The second-order valence-corrected chi connectivity index (χ2v) is 13.8. The standard InChI is InChI=1S/C34H54O7/c1-21(12-15-29-33(8,9)31(39)17-18-34(29,10)41-25(5)36)11-14-26(37)19-23(3)28(40-24(4)35)20-27-22(2)13-16-30(38)32(27,6)7/h11,13,19,26-29,31,37,39H,12,14-18,20H2,1-10H3/b21-11?,23-19+/t26-,27-,28+,29+,31+,34+/m1/s1. The van der Waals surface area contributed by atoms with Crippen LogP contribution in [0.25, 0.3) is 0 Å². The zero-order chi connectivity index (χ0) is 31.3. The molecule has 41 heavy (non-hydrogen) atoms. The molecule has 0 heterocycles. The summed E-state index contributed by atoms with van der Waals surface area (Å²) in [5, 5.41) is 21.6. The lowest BCUT2D eigenvalue weighted by Crippen LogP contribution is -2.55. The van der Waals surface area contributed by atoms with Crippen LogP contribution in [0.2, 0.25) is 0 Å². The van der Waals surface area contributed by atoms with Gasteiger partial charge in [0, 0.05) is 31.6 Å². The zero-order valence-electron chi connectivity index (χ0n) is 27.0. The van der Waals surface area contributed by atoms with Gasteiger partial charge in [0.25, 0.3) is 0 Å². The number of Topliss-reactive ketones (excluding diaryl/α,β-unsaturated/α-hetero) is 1. The van der Waals surface area contributed by atoms with Gasteiger partial charge in [-0.2, -0.15) is 0 Å². The van der Waals surface area contributed by atoms with Gasteiger partial charge in [0.2, 0.25) is 0 Å². The van der Waals surface area contributed by atoms with Crippen molar-refractivity contribution in [2.75, 3.05) is 0 Å². The van der Waals surface area contributed by atoms with Crippen molar-refractivity contribution in [2.45, 2.75) is 138 Å². The molecule has 0 unspecified atom stereocenters. The summed E-state index contributed by atoms with van der Waals surface area (Å²) in [4.78, 5) is 36.4. The first-order valence-corrected chi connectivity index (χ1v) is 15.1. The Morgan fingerprint density at radius 2 is 1.73 bits per heavy atom. The first-order chi connectivity index (χ1) is 18.8. The van der Waals surface area contributed by atoms with E-state index in [1.54, 1.807) is 6.08 Å². The van der Waals surface area contributed by atoms with Gasteiger partial charge < -0.3 is 19.7 Å². The normalized spacial score (nSPS) is 29.8. The van der Waals surface area contributed by atoms with Crippen molar-refractivity contribution in [1.82, 2.24) is 0 Å². The molecule has 0 radical (unpaired) electrons. The maximum absolute atomic E-state index is 12.6. The van der Waals surface area contributed by atoms with E-state index in [1.165, 1.54) is 13.8 Å². The Morgan fingerprint density at radius 1 is 1.10 bits per heavy atom. The molecule has 6 atom stereocenters. The van der Waals surface area contributed by atoms with Gasteiger partial charge in [0.05, 0.1) is 12.2 Å². The van der Waals surface area contributed by atoms with Crippen LogP contribution in [-0.2, 0) is 23.9 Å². The number of carbonyl (C=O) groups is 3. The minimum atomic E-state index is -0.764. The van der Waals surface area contributed by atoms with Crippen LogP contribution in [0.1, 0.15) is 114 Å². The molecule has 0 aromatic heterocycles. The summed E-state index contributed by atoms with van der Waals surface area (Å²) in [7, 11) is 0. The van der Waals surface area contributed by atoms with Gasteiger partial charge in [0.1, 0.15) is 17.5 Å². The van der Waals surface area contributed by atoms with Gasteiger partial charge in [-0.15, -0.1) is 0 Å². The van der Waals surface area contributed by atoms with Crippen LogP contribution < -0.4 is 0 Å². The summed E-state index contributed by atoms with van der Waals surface area (Å²) in [6.45, 7) is 18.7. The molecule has 2 aliphatic rings. The fraction of sp³-hybridized carbons (Fsp3) is 0.735. The second-order valence-electron chi connectivity index (χ2n) is 13.8. The van der Waals surface area contributed by atoms with Crippen LogP contribution in [0, 0.1) is 22.7 Å². The SMILES string of the molecule is CC(=O)O[C@@H](C[C@@H]1C(C)=CCC(=O)C1(C)C)/C(C)=C/[C@H](O)CC=C(C)CC[C@H]1C(C)(C)[C@@H](O)CC[C@]1(C)OC(C)=O. The first-order valence-electron chi connectivity index (χ1n) is 15.1. The summed E-state index contributed by atoms with van der Waals surface area (Å²) in [6.07, 6.45) is 7.99. The van der Waals surface area contributed by atoms with Gasteiger partial charge in [-0.3, -0.25) is 14.4 Å². The van der Waals surface area contributed by atoms with Gasteiger partial charge >= 0.3 is 11.9 Å². The largest absolute Gasteiger partial charge is 0.459 e. The summed E-state index contributed by atoms with van der Waals surface area (Å²) in [5.41, 5.74) is 1.40. The quantitative estimate of drug-likeness (QED) is 0.217. The highest BCUT2D eigenvalue weighted by Crippen LogP contribution is 2.50. The number of rotatable bonds is 11. The Morgan fingerprint density at radius 3 is 2.32 bits per heavy atom. The molecule has 7 nitrogen and oxygen atoms in total. The van der Waals surface area contributed by atoms with Gasteiger partial charge in [0.15, 0.2) is 0 Å². The maximum atomic E-state index is 12.6. The predicted molar refractivity (Wildman–Crippen MR) is 161 cm³/mol. The van der Waals surface area contributed by atoms with Crippen LogP contribution in [0.5, 0.6) is 0 Å². The van der Waals surface area contributed by atoms with E-state index in [0.717, 1.165) is 29.6 Å². The Balaban J connectivity index is 2.11. The van der Waals surface area contributed by atoms with Crippen molar-refractivity contribution in [3.8, 4) is 0 Å². The third-order valence-corrected chi connectivity index (χ3v) is 9.79. The number of hydrogen-bond acceptors (Lipinski definition) is 7. The number of esters is 2. The zero-order valence-corrected chi connectivity index (χ0v) is 27.0. The topological polar surface area (TPSA) is 110 Å². The van der Waals surface area contributed by atoms with E-state index in [4.69, 9.17) is 9.47 Å². The average Bonchev–Trinajstić information content (AvgIpc) is 2.84. The summed E-state index contributed by atoms with van der Waals surface area (Å²) >= 11 is 0. The Kier molecular flexibility index (Phi) is 11.8. The first kappa shape index (κ1) is 34.9. The highest BCUT2D eigenvalue weighted by Gasteiger charge is 2.52. The van der Waals surface area contributed by atoms with E-state index in [0.29, 0.717) is 32.1 Å². The molecule has 2 aliphatic carbocycles. The Labute approximate surface area is 247 Å². The minimum absolute atomic E-state index is 0.0176. The van der Waals surface area contributed by atoms with Crippen molar-refractivity contribution >= 4 is 17.7 Å². The Bertz CT molecular complexity index is 1060. The number of aliphatic hydroxyl groups excluding tert-OH is 2. The molecule has 0 saturated heterocycles. The lowest BCUT2D eigenvalue weighted by atomic mass is 9.58. The third kappa shape index (κ3) is 8.87. The molecular weight excluding hydrogens is 520 g/mol. The molecule has 0 aromatic carbocycles. The molecule has 2 N–H and O–H groups in total. The molecule has 1 saturated carbocycles. The lowest BCUT2D eigenvalue weighted by Gasteiger charge is -2.52. The van der Waals surface area contributed by atoms with Crippen molar-refractivity contribution in [3.05, 3.63) is 34.9 Å². The van der Waals surface area contributed by atoms with Crippen LogP contribution in [0.3, 0.4) is 0 Å². The number of aliphatic hydroxyl groups is 2. The molecule has 7 heteroatoms. The number of hydrogen-bond donors (Lipinski definition) is 2. The van der Waals surface area contributed by atoms with E-state index < -0.39 is 40.7 Å². The summed E-state index contributed by atoms with van der Waals surface area (Å²) in [6, 6.07) is 0. The molecule has 2 rings (SSSR count). The number of allylic oxidation sites excluding steroid dienone is 3. The summed E-state index contributed by atoms with van der Waals surface area (Å²) < 4.78 is 11.5. The fourth-order valence-electron chi connectivity index (χ4n) is 7.04. The van der Waals surface area contributed by atoms with E-state index >= 15 is 0 Å². The Hall–Kier alpha value is -2.25. The van der Waals surface area contributed by atoms with E-state index in [1.807, 2.05) is 67.5 Å². The van der Waals surface area contributed by atoms with Crippen molar-refractivity contribution in [1.29, 1.82) is 0 Å². The van der Waals surface area contributed by atoms with E-state index in [-0.39, 0.29) is 23.6 Å². The number of ether oxygens (including phenoxy) is 2. The number of carbonyl (C=O) groups excluding carboxylic acids is 3. The average molecular weight is 575 g/mol. The van der Waals surface area contributed by atoms with Crippen molar-refractivity contribution < 1.29 is 34.1 Å². The molecule has 0 amide bonds. The highest BCUT2D eigenvalue weighted by atomic mass is 16.6. The predicted octanol–water partition coefficient (Wildman–Crippen LogP) is 6.41.